The summed E-state index contributed by atoms with van der Waals surface area (Å²) in [5, 5.41) is 2.81. The van der Waals surface area contributed by atoms with E-state index in [1.54, 1.807) is 0 Å². The summed E-state index contributed by atoms with van der Waals surface area (Å²) in [4.78, 5) is 11.6. The van der Waals surface area contributed by atoms with E-state index in [0.29, 0.717) is 12.2 Å². The van der Waals surface area contributed by atoms with Crippen LogP contribution in [0.3, 0.4) is 0 Å². The number of nitrogens with one attached hydrogen (secondary N) is 1. The number of rotatable bonds is 6. The van der Waals surface area contributed by atoms with Gasteiger partial charge in [0.05, 0.1) is 18.5 Å². The number of amides is 1. The molecule has 1 aliphatic carbocycles. The largest absolute Gasteiger partial charge is 0.354 e. The van der Waals surface area contributed by atoms with Crippen LogP contribution in [0.15, 0.2) is 18.2 Å². The van der Waals surface area contributed by atoms with E-state index in [4.69, 9.17) is 0 Å². The minimum Gasteiger partial charge on any atom is -0.354 e. The van der Waals surface area contributed by atoms with Gasteiger partial charge in [-0.05, 0) is 43.9 Å². The Balaban J connectivity index is 2.11. The summed E-state index contributed by atoms with van der Waals surface area (Å²) >= 11 is 0. The van der Waals surface area contributed by atoms with Crippen molar-refractivity contribution in [3.63, 3.8) is 0 Å². The molecule has 0 bridgehead atoms. The monoisotopic (exact) mass is 310 g/mol. The van der Waals surface area contributed by atoms with E-state index in [-0.39, 0.29) is 18.4 Å². The molecule has 5 nitrogen and oxygen atoms in total. The molecule has 0 unspecified atom stereocenters. The third-order valence-electron chi connectivity index (χ3n) is 3.60. The van der Waals surface area contributed by atoms with Gasteiger partial charge in [-0.25, -0.2) is 8.42 Å². The lowest BCUT2D eigenvalue weighted by molar-refractivity contribution is -0.122. The Morgan fingerprint density at radius 3 is 2.57 bits per heavy atom. The quantitative estimate of drug-likeness (QED) is 0.868. The van der Waals surface area contributed by atoms with Crippen LogP contribution in [-0.2, 0) is 14.8 Å². The highest BCUT2D eigenvalue weighted by Gasteiger charge is 2.29. The second-order valence-corrected chi connectivity index (χ2v) is 7.60. The second-order valence-electron chi connectivity index (χ2n) is 5.69. The Labute approximate surface area is 126 Å². The van der Waals surface area contributed by atoms with Gasteiger partial charge >= 0.3 is 0 Å². The van der Waals surface area contributed by atoms with Crippen LogP contribution in [-0.4, -0.2) is 33.7 Å². The summed E-state index contributed by atoms with van der Waals surface area (Å²) in [6, 6.07) is 5.72. The van der Waals surface area contributed by atoms with E-state index in [1.807, 2.05) is 32.0 Å². The summed E-state index contributed by atoms with van der Waals surface area (Å²) in [7, 11) is -3.38. The summed E-state index contributed by atoms with van der Waals surface area (Å²) in [6.07, 6.45) is 3.08. The van der Waals surface area contributed by atoms with Gasteiger partial charge in [0, 0.05) is 12.5 Å². The second kappa shape index (κ2) is 6.05. The van der Waals surface area contributed by atoms with Crippen molar-refractivity contribution in [2.45, 2.75) is 26.7 Å². The van der Waals surface area contributed by atoms with Gasteiger partial charge in [-0.15, -0.1) is 0 Å². The van der Waals surface area contributed by atoms with Gasteiger partial charge in [0.15, 0.2) is 0 Å². The van der Waals surface area contributed by atoms with E-state index in [1.165, 1.54) is 10.6 Å². The van der Waals surface area contributed by atoms with Crippen molar-refractivity contribution in [2.75, 3.05) is 23.7 Å². The van der Waals surface area contributed by atoms with Gasteiger partial charge in [0.1, 0.15) is 0 Å². The predicted octanol–water partition coefficient (Wildman–Crippen LogP) is 1.60. The maximum absolute atomic E-state index is 12.0. The standard InChI is InChI=1S/C15H22N2O3S/c1-11-4-5-12(2)14(10-11)17(21(3,19)20)9-8-16-15(18)13-6-7-13/h4-5,10,13H,6-9H2,1-3H3,(H,16,18). The van der Waals surface area contributed by atoms with Crippen molar-refractivity contribution < 1.29 is 13.2 Å². The summed E-state index contributed by atoms with van der Waals surface area (Å²) < 4.78 is 25.4. The lowest BCUT2D eigenvalue weighted by Crippen LogP contribution is -2.39. The van der Waals surface area contributed by atoms with E-state index < -0.39 is 10.0 Å². The molecule has 21 heavy (non-hydrogen) atoms. The van der Waals surface area contributed by atoms with Crippen LogP contribution in [0.5, 0.6) is 0 Å². The molecule has 6 heteroatoms. The van der Waals surface area contributed by atoms with E-state index in [9.17, 15) is 13.2 Å². The normalized spacial score (nSPS) is 14.8. The molecule has 0 atom stereocenters. The molecular formula is C15H22N2O3S. The smallest absolute Gasteiger partial charge is 0.232 e. The van der Waals surface area contributed by atoms with Crippen LogP contribution in [0.1, 0.15) is 24.0 Å². The molecule has 0 heterocycles. The molecular weight excluding hydrogens is 288 g/mol. The molecule has 1 N–H and O–H groups in total. The van der Waals surface area contributed by atoms with Gasteiger partial charge in [-0.3, -0.25) is 9.10 Å². The van der Waals surface area contributed by atoms with Crippen molar-refractivity contribution in [3.05, 3.63) is 29.3 Å². The van der Waals surface area contributed by atoms with Crippen LogP contribution in [0, 0.1) is 19.8 Å². The first-order valence-electron chi connectivity index (χ1n) is 7.11. The molecule has 1 aromatic carbocycles. The molecule has 0 radical (unpaired) electrons. The molecule has 0 aromatic heterocycles. The van der Waals surface area contributed by atoms with Crippen molar-refractivity contribution in [1.82, 2.24) is 5.32 Å². The zero-order chi connectivity index (χ0) is 15.6. The number of hydrogen-bond acceptors (Lipinski definition) is 3. The van der Waals surface area contributed by atoms with Gasteiger partial charge in [0.25, 0.3) is 0 Å². The molecule has 1 amide bonds. The van der Waals surface area contributed by atoms with Crippen molar-refractivity contribution in [2.24, 2.45) is 5.92 Å². The first-order valence-corrected chi connectivity index (χ1v) is 8.96. The fourth-order valence-corrected chi connectivity index (χ4v) is 3.20. The Hall–Kier alpha value is -1.56. The third kappa shape index (κ3) is 4.20. The van der Waals surface area contributed by atoms with E-state index in [0.717, 1.165) is 24.0 Å². The number of aryl methyl sites for hydroxylation is 2. The zero-order valence-corrected chi connectivity index (χ0v) is 13.5. The number of sulfonamides is 1. The molecule has 2 rings (SSSR count). The van der Waals surface area contributed by atoms with Crippen LogP contribution in [0.25, 0.3) is 0 Å². The molecule has 1 fully saturated rings. The highest BCUT2D eigenvalue weighted by molar-refractivity contribution is 7.92. The van der Waals surface area contributed by atoms with Gasteiger partial charge in [-0.2, -0.15) is 0 Å². The van der Waals surface area contributed by atoms with Crippen LogP contribution in [0.2, 0.25) is 0 Å². The minimum absolute atomic E-state index is 0.0319. The highest BCUT2D eigenvalue weighted by atomic mass is 32.2. The summed E-state index contributed by atoms with van der Waals surface area (Å²) in [5.41, 5.74) is 2.59. The first kappa shape index (κ1) is 15.8. The van der Waals surface area contributed by atoms with Crippen LogP contribution >= 0.6 is 0 Å². The molecule has 0 saturated heterocycles. The molecule has 0 spiro atoms. The highest BCUT2D eigenvalue weighted by Crippen LogP contribution is 2.28. The number of anilines is 1. The molecule has 1 saturated carbocycles. The SMILES string of the molecule is Cc1ccc(C)c(N(CCNC(=O)C2CC2)S(C)(=O)=O)c1. The van der Waals surface area contributed by atoms with Crippen LogP contribution < -0.4 is 9.62 Å². The van der Waals surface area contributed by atoms with Crippen LogP contribution in [0.4, 0.5) is 5.69 Å². The number of carbonyl (C=O) groups excluding carboxylic acids is 1. The lowest BCUT2D eigenvalue weighted by atomic mass is 10.1. The minimum atomic E-state index is -3.38. The Kier molecular flexibility index (Phi) is 4.56. The van der Waals surface area contributed by atoms with Gasteiger partial charge in [-0.1, -0.05) is 12.1 Å². The average molecular weight is 310 g/mol. The van der Waals surface area contributed by atoms with Crippen molar-refractivity contribution >= 4 is 21.6 Å². The zero-order valence-electron chi connectivity index (χ0n) is 12.7. The average Bonchev–Trinajstić information content (AvgIpc) is 3.20. The number of nitrogens with zero attached hydrogens (tertiary/aromatic N) is 1. The van der Waals surface area contributed by atoms with E-state index >= 15 is 0 Å². The number of carbonyl (C=O) groups is 1. The first-order chi connectivity index (χ1) is 9.79. The molecule has 1 aliphatic rings. The predicted molar refractivity (Wildman–Crippen MR) is 83.8 cm³/mol. The lowest BCUT2D eigenvalue weighted by Gasteiger charge is -2.24. The number of benzene rings is 1. The van der Waals surface area contributed by atoms with E-state index in [2.05, 4.69) is 5.32 Å². The molecule has 1 aromatic rings. The van der Waals surface area contributed by atoms with Gasteiger partial charge in [0.2, 0.25) is 15.9 Å². The maximum atomic E-state index is 12.0. The Bertz CT molecular complexity index is 636. The van der Waals surface area contributed by atoms with Crippen molar-refractivity contribution in [1.29, 1.82) is 0 Å². The molecule has 0 aliphatic heterocycles. The molecule has 116 valence electrons. The maximum Gasteiger partial charge on any atom is 0.232 e. The summed E-state index contributed by atoms with van der Waals surface area (Å²) in [6.45, 7) is 4.39. The summed E-state index contributed by atoms with van der Waals surface area (Å²) in [5.74, 6) is 0.168. The number of hydrogen-bond donors (Lipinski definition) is 1. The Morgan fingerprint density at radius 2 is 2.00 bits per heavy atom. The Morgan fingerprint density at radius 1 is 1.33 bits per heavy atom. The topological polar surface area (TPSA) is 66.5 Å². The third-order valence-corrected chi connectivity index (χ3v) is 4.78. The fourth-order valence-electron chi connectivity index (χ4n) is 2.22. The van der Waals surface area contributed by atoms with Crippen molar-refractivity contribution in [3.8, 4) is 0 Å². The fraction of sp³-hybridized carbons (Fsp3) is 0.533. The van der Waals surface area contributed by atoms with Gasteiger partial charge < -0.3 is 5.32 Å².